The van der Waals surface area contributed by atoms with Crippen LogP contribution in [0, 0.1) is 5.82 Å². The van der Waals surface area contributed by atoms with Crippen molar-refractivity contribution in [1.29, 1.82) is 0 Å². The molecule has 0 atom stereocenters. The summed E-state index contributed by atoms with van der Waals surface area (Å²) in [6.07, 6.45) is -3.14. The number of hydrogen-bond donors (Lipinski definition) is 2. The van der Waals surface area contributed by atoms with Crippen molar-refractivity contribution in [1.82, 2.24) is 10.2 Å². The Morgan fingerprint density at radius 2 is 1.67 bits per heavy atom. The summed E-state index contributed by atoms with van der Waals surface area (Å²) in [6.45, 7) is 8.70. The van der Waals surface area contributed by atoms with Gasteiger partial charge >= 0.3 is 6.18 Å². The monoisotopic (exact) mass is 501 g/mol. The summed E-state index contributed by atoms with van der Waals surface area (Å²) in [6, 6.07) is 9.54. The smallest absolute Gasteiger partial charge is 0.342 e. The van der Waals surface area contributed by atoms with Gasteiger partial charge in [-0.25, -0.2) is 4.39 Å². The molecule has 9 heteroatoms. The first-order chi connectivity index (χ1) is 15.2. The van der Waals surface area contributed by atoms with E-state index in [9.17, 15) is 17.6 Å². The molecule has 0 spiro atoms. The average molecular weight is 502 g/mol. The number of rotatable bonds is 4. The van der Waals surface area contributed by atoms with Gasteiger partial charge in [0.15, 0.2) is 5.11 Å². The third-order valence-corrected chi connectivity index (χ3v) is 6.24. The molecule has 3 nitrogen and oxygen atoms in total. The summed E-state index contributed by atoms with van der Waals surface area (Å²) in [5.74, 6) is -0.355. The maximum atomic E-state index is 13.6. The molecule has 0 radical (unpaired) electrons. The van der Waals surface area contributed by atoms with Gasteiger partial charge in [0.2, 0.25) is 0 Å². The van der Waals surface area contributed by atoms with Gasteiger partial charge in [-0.15, -0.1) is 0 Å². The van der Waals surface area contributed by atoms with Gasteiger partial charge in [0.05, 0.1) is 11.3 Å². The van der Waals surface area contributed by atoms with Gasteiger partial charge in [-0.2, -0.15) is 13.2 Å². The van der Waals surface area contributed by atoms with Crippen molar-refractivity contribution in [2.75, 3.05) is 5.32 Å². The zero-order valence-electron chi connectivity index (χ0n) is 19.0. The molecule has 33 heavy (non-hydrogen) atoms. The van der Waals surface area contributed by atoms with Crippen molar-refractivity contribution in [3.63, 3.8) is 0 Å². The summed E-state index contributed by atoms with van der Waals surface area (Å²) in [7, 11) is 0. The Bertz CT molecular complexity index is 990. The summed E-state index contributed by atoms with van der Waals surface area (Å²) in [5.41, 5.74) is -0.651. The molecule has 1 heterocycles. The van der Waals surface area contributed by atoms with Gasteiger partial charge in [0.25, 0.3) is 0 Å². The molecule has 1 aliphatic heterocycles. The van der Waals surface area contributed by atoms with E-state index in [2.05, 4.69) is 38.3 Å². The van der Waals surface area contributed by atoms with Crippen molar-refractivity contribution in [2.24, 2.45) is 0 Å². The Morgan fingerprint density at radius 3 is 2.21 bits per heavy atom. The fourth-order valence-electron chi connectivity index (χ4n) is 4.69. The Hall–Kier alpha value is -1.90. The quantitative estimate of drug-likeness (QED) is 0.348. The lowest BCUT2D eigenvalue weighted by Gasteiger charge is -2.50. The minimum absolute atomic E-state index is 0.0104. The van der Waals surface area contributed by atoms with E-state index in [1.54, 1.807) is 12.1 Å². The second-order valence-corrected chi connectivity index (χ2v) is 10.7. The Morgan fingerprint density at radius 1 is 1.09 bits per heavy atom. The van der Waals surface area contributed by atoms with Crippen LogP contribution in [0.2, 0.25) is 5.02 Å². The van der Waals surface area contributed by atoms with Crippen molar-refractivity contribution in [3.05, 3.63) is 64.4 Å². The molecule has 180 valence electrons. The van der Waals surface area contributed by atoms with E-state index in [1.807, 2.05) is 4.90 Å². The number of alkyl halides is 3. The van der Waals surface area contributed by atoms with Crippen LogP contribution in [0.25, 0.3) is 0 Å². The predicted octanol–water partition coefficient (Wildman–Crippen LogP) is 7.01. The highest BCUT2D eigenvalue weighted by atomic mass is 35.5. The summed E-state index contributed by atoms with van der Waals surface area (Å²) in [4.78, 5) is 1.90. The van der Waals surface area contributed by atoms with E-state index in [4.69, 9.17) is 23.8 Å². The van der Waals surface area contributed by atoms with Crippen molar-refractivity contribution in [3.8, 4) is 0 Å². The highest BCUT2D eigenvalue weighted by Gasteiger charge is 2.41. The minimum Gasteiger partial charge on any atom is -0.342 e. The van der Waals surface area contributed by atoms with Crippen LogP contribution in [-0.2, 0) is 12.7 Å². The molecule has 0 amide bonds. The van der Waals surface area contributed by atoms with Gasteiger partial charge in [-0.05, 0) is 88.6 Å². The number of thiocarbonyl (C=S) groups is 1. The van der Waals surface area contributed by atoms with E-state index in [0.717, 1.165) is 24.5 Å². The standard InChI is InChI=1S/C24H28ClF4N3S/c1-22(2)12-18(13-23(3,4)31-22)32(14-15-5-8-17(26)9-6-15)21(33)30-20-10-7-16(25)11-19(20)24(27,28)29/h5-11,18,31H,12-14H2,1-4H3,(H,30,33). The van der Waals surface area contributed by atoms with Crippen LogP contribution >= 0.6 is 23.8 Å². The second kappa shape index (κ2) is 9.39. The Labute approximate surface area is 202 Å². The molecule has 2 aromatic carbocycles. The zero-order valence-corrected chi connectivity index (χ0v) is 20.6. The van der Waals surface area contributed by atoms with E-state index >= 15 is 0 Å². The molecule has 0 unspecified atom stereocenters. The van der Waals surface area contributed by atoms with Crippen LogP contribution in [0.3, 0.4) is 0 Å². The first kappa shape index (κ1) is 25.7. The Kier molecular flexibility index (Phi) is 7.32. The molecule has 0 saturated carbocycles. The lowest BCUT2D eigenvalue weighted by Crippen LogP contribution is -2.63. The van der Waals surface area contributed by atoms with Gasteiger partial charge in [-0.3, -0.25) is 0 Å². The number of nitrogens with zero attached hydrogens (tertiary/aromatic N) is 1. The van der Waals surface area contributed by atoms with Crippen LogP contribution in [0.5, 0.6) is 0 Å². The Balaban J connectivity index is 1.95. The molecular weight excluding hydrogens is 474 g/mol. The maximum absolute atomic E-state index is 13.6. The number of nitrogens with one attached hydrogen (secondary N) is 2. The first-order valence-corrected chi connectivity index (χ1v) is 11.4. The fraction of sp³-hybridized carbons (Fsp3) is 0.458. The fourth-order valence-corrected chi connectivity index (χ4v) is 5.18. The molecule has 1 fully saturated rings. The molecule has 1 saturated heterocycles. The second-order valence-electron chi connectivity index (χ2n) is 9.83. The number of piperidine rings is 1. The minimum atomic E-state index is -4.59. The molecule has 0 aliphatic carbocycles. The number of halogens is 5. The molecule has 0 aromatic heterocycles. The van der Waals surface area contributed by atoms with Crippen LogP contribution in [-0.4, -0.2) is 27.1 Å². The number of benzene rings is 2. The third kappa shape index (κ3) is 6.80. The zero-order chi connectivity index (χ0) is 24.6. The van der Waals surface area contributed by atoms with Gasteiger partial charge in [0.1, 0.15) is 5.82 Å². The largest absolute Gasteiger partial charge is 0.418 e. The lowest BCUT2D eigenvalue weighted by molar-refractivity contribution is -0.136. The number of hydrogen-bond acceptors (Lipinski definition) is 2. The first-order valence-electron chi connectivity index (χ1n) is 10.6. The molecule has 2 N–H and O–H groups in total. The molecule has 2 aromatic rings. The van der Waals surface area contributed by atoms with E-state index in [-0.39, 0.29) is 38.8 Å². The van der Waals surface area contributed by atoms with Gasteiger partial charge < -0.3 is 15.5 Å². The molecule has 0 bridgehead atoms. The summed E-state index contributed by atoms with van der Waals surface area (Å²) >= 11 is 11.5. The summed E-state index contributed by atoms with van der Waals surface area (Å²) < 4.78 is 54.3. The highest BCUT2D eigenvalue weighted by molar-refractivity contribution is 7.80. The summed E-state index contributed by atoms with van der Waals surface area (Å²) in [5, 5.41) is 6.58. The van der Waals surface area contributed by atoms with Crippen LogP contribution < -0.4 is 10.6 Å². The van der Waals surface area contributed by atoms with Crippen molar-refractivity contribution in [2.45, 2.75) is 70.4 Å². The SMILES string of the molecule is CC1(C)CC(N(Cc2ccc(F)cc2)C(=S)Nc2ccc(Cl)cc2C(F)(F)F)CC(C)(C)N1. The van der Waals surface area contributed by atoms with Gasteiger partial charge in [0, 0.05) is 28.7 Å². The maximum Gasteiger partial charge on any atom is 0.418 e. The molecule has 3 rings (SSSR count). The van der Waals surface area contributed by atoms with Crippen LogP contribution in [0.15, 0.2) is 42.5 Å². The lowest BCUT2D eigenvalue weighted by atomic mass is 9.79. The van der Waals surface area contributed by atoms with E-state index < -0.39 is 11.7 Å². The van der Waals surface area contributed by atoms with E-state index in [0.29, 0.717) is 6.54 Å². The van der Waals surface area contributed by atoms with Gasteiger partial charge in [-0.1, -0.05) is 23.7 Å². The normalized spacial score (nSPS) is 18.1. The molecule has 1 aliphatic rings. The van der Waals surface area contributed by atoms with E-state index in [1.165, 1.54) is 24.3 Å². The number of anilines is 1. The van der Waals surface area contributed by atoms with Crippen LogP contribution in [0.1, 0.15) is 51.7 Å². The third-order valence-electron chi connectivity index (χ3n) is 5.67. The topological polar surface area (TPSA) is 27.3 Å². The highest BCUT2D eigenvalue weighted by Crippen LogP contribution is 2.37. The molecular formula is C24H28ClF4N3S. The van der Waals surface area contributed by atoms with Crippen molar-refractivity contribution < 1.29 is 17.6 Å². The predicted molar refractivity (Wildman–Crippen MR) is 129 cm³/mol. The van der Waals surface area contributed by atoms with Crippen LogP contribution in [0.4, 0.5) is 23.2 Å². The van der Waals surface area contributed by atoms with Crippen molar-refractivity contribution >= 4 is 34.6 Å². The average Bonchev–Trinajstić information content (AvgIpc) is 2.65.